The molecule has 0 saturated carbocycles. The van der Waals surface area contributed by atoms with Crippen LogP contribution < -0.4 is 10.1 Å². The molecule has 120 valence electrons. The second-order valence-electron chi connectivity index (χ2n) is 4.27. The SMILES string of the molecule is Cn1nnc(CNc2cccc(OC(F)(F)F)c2)c1C(F)F. The van der Waals surface area contributed by atoms with Crippen LogP contribution in [0.2, 0.25) is 0 Å². The molecule has 0 saturated heterocycles. The van der Waals surface area contributed by atoms with Crippen LogP contribution in [0, 0.1) is 0 Å². The van der Waals surface area contributed by atoms with Crippen LogP contribution in [0.25, 0.3) is 0 Å². The van der Waals surface area contributed by atoms with E-state index in [1.54, 1.807) is 0 Å². The summed E-state index contributed by atoms with van der Waals surface area (Å²) in [5.41, 5.74) is -0.0672. The van der Waals surface area contributed by atoms with Gasteiger partial charge in [0, 0.05) is 18.8 Å². The first-order valence-corrected chi connectivity index (χ1v) is 6.02. The van der Waals surface area contributed by atoms with Crippen molar-refractivity contribution in [3.05, 3.63) is 35.7 Å². The van der Waals surface area contributed by atoms with E-state index in [-0.39, 0.29) is 23.6 Å². The van der Waals surface area contributed by atoms with Gasteiger partial charge in [-0.2, -0.15) is 0 Å². The second kappa shape index (κ2) is 6.16. The van der Waals surface area contributed by atoms with Crippen molar-refractivity contribution in [1.82, 2.24) is 15.0 Å². The maximum Gasteiger partial charge on any atom is 0.573 e. The second-order valence-corrected chi connectivity index (χ2v) is 4.27. The van der Waals surface area contributed by atoms with Gasteiger partial charge >= 0.3 is 6.36 Å². The van der Waals surface area contributed by atoms with Crippen LogP contribution in [0.1, 0.15) is 17.8 Å². The van der Waals surface area contributed by atoms with Crippen molar-refractivity contribution in [2.45, 2.75) is 19.3 Å². The molecule has 0 unspecified atom stereocenters. The maximum atomic E-state index is 12.8. The topological polar surface area (TPSA) is 52.0 Å². The minimum Gasteiger partial charge on any atom is -0.406 e. The van der Waals surface area contributed by atoms with Gasteiger partial charge < -0.3 is 10.1 Å². The van der Waals surface area contributed by atoms with Crippen molar-refractivity contribution in [1.29, 1.82) is 0 Å². The fourth-order valence-corrected chi connectivity index (χ4v) is 1.79. The van der Waals surface area contributed by atoms with Gasteiger partial charge in [0.05, 0.1) is 6.54 Å². The molecule has 0 aliphatic rings. The van der Waals surface area contributed by atoms with E-state index >= 15 is 0 Å². The fraction of sp³-hybridized carbons (Fsp3) is 0.333. The Bertz CT molecular complexity index is 641. The minimum absolute atomic E-state index is 0.0136. The van der Waals surface area contributed by atoms with Gasteiger partial charge in [-0.05, 0) is 12.1 Å². The van der Waals surface area contributed by atoms with Gasteiger partial charge in [-0.3, -0.25) is 0 Å². The molecule has 1 heterocycles. The average molecular weight is 322 g/mol. The Kier molecular flexibility index (Phi) is 4.48. The molecular weight excluding hydrogens is 311 g/mol. The van der Waals surface area contributed by atoms with Crippen LogP contribution >= 0.6 is 0 Å². The van der Waals surface area contributed by atoms with E-state index < -0.39 is 18.5 Å². The molecule has 0 radical (unpaired) electrons. The van der Waals surface area contributed by atoms with Crippen molar-refractivity contribution in [2.75, 3.05) is 5.32 Å². The highest BCUT2D eigenvalue weighted by Crippen LogP contribution is 2.26. The molecule has 0 aliphatic carbocycles. The predicted molar refractivity (Wildman–Crippen MR) is 66.4 cm³/mol. The third-order valence-corrected chi connectivity index (χ3v) is 2.68. The van der Waals surface area contributed by atoms with Crippen LogP contribution in [0.5, 0.6) is 5.75 Å². The van der Waals surface area contributed by atoms with E-state index in [9.17, 15) is 22.0 Å². The van der Waals surface area contributed by atoms with Crippen molar-refractivity contribution in [2.24, 2.45) is 7.05 Å². The molecule has 0 aliphatic heterocycles. The molecule has 1 aromatic carbocycles. The van der Waals surface area contributed by atoms with E-state index in [1.807, 2.05) is 0 Å². The summed E-state index contributed by atoms with van der Waals surface area (Å²) in [7, 11) is 1.33. The quantitative estimate of drug-likeness (QED) is 0.859. The van der Waals surface area contributed by atoms with E-state index in [2.05, 4.69) is 20.4 Å². The van der Waals surface area contributed by atoms with Crippen LogP contribution in [-0.2, 0) is 13.6 Å². The third kappa shape index (κ3) is 4.06. The maximum absolute atomic E-state index is 12.8. The summed E-state index contributed by atoms with van der Waals surface area (Å²) < 4.78 is 66.7. The lowest BCUT2D eigenvalue weighted by molar-refractivity contribution is -0.274. The number of anilines is 1. The van der Waals surface area contributed by atoms with Crippen LogP contribution in [-0.4, -0.2) is 21.4 Å². The van der Waals surface area contributed by atoms with Gasteiger partial charge in [-0.1, -0.05) is 11.3 Å². The van der Waals surface area contributed by atoms with Crippen LogP contribution in [0.3, 0.4) is 0 Å². The zero-order valence-electron chi connectivity index (χ0n) is 11.2. The first kappa shape index (κ1) is 16.0. The first-order valence-electron chi connectivity index (χ1n) is 6.02. The van der Waals surface area contributed by atoms with Gasteiger partial charge in [0.15, 0.2) is 0 Å². The third-order valence-electron chi connectivity index (χ3n) is 2.68. The largest absolute Gasteiger partial charge is 0.573 e. The predicted octanol–water partition coefficient (Wildman–Crippen LogP) is 3.26. The number of nitrogens with zero attached hydrogens (tertiary/aromatic N) is 3. The Morgan fingerprint density at radius 1 is 1.32 bits per heavy atom. The number of nitrogens with one attached hydrogen (secondary N) is 1. The van der Waals surface area contributed by atoms with Gasteiger partial charge in [-0.15, -0.1) is 18.3 Å². The average Bonchev–Trinajstić information content (AvgIpc) is 2.76. The smallest absolute Gasteiger partial charge is 0.406 e. The summed E-state index contributed by atoms with van der Waals surface area (Å²) in [6, 6.07) is 5.05. The molecule has 1 aromatic heterocycles. The van der Waals surface area contributed by atoms with Crippen LogP contribution in [0.4, 0.5) is 27.6 Å². The molecule has 22 heavy (non-hydrogen) atoms. The number of aromatic nitrogens is 3. The zero-order chi connectivity index (χ0) is 16.3. The molecule has 0 amide bonds. The Hall–Kier alpha value is -2.39. The number of ether oxygens (including phenoxy) is 1. The Balaban J connectivity index is 2.08. The standard InChI is InChI=1S/C12H11F5N4O/c1-21-10(11(13)14)9(19-20-21)6-18-7-3-2-4-8(5-7)22-12(15,16)17/h2-5,11,18H,6H2,1H3. The highest BCUT2D eigenvalue weighted by Gasteiger charge is 2.31. The van der Waals surface area contributed by atoms with Gasteiger partial charge in [-0.25, -0.2) is 13.5 Å². The molecule has 0 atom stereocenters. The normalized spacial score (nSPS) is 11.8. The van der Waals surface area contributed by atoms with Gasteiger partial charge in [0.1, 0.15) is 17.1 Å². The van der Waals surface area contributed by atoms with E-state index in [0.29, 0.717) is 0 Å². The molecule has 2 aromatic rings. The Labute approximate surface area is 121 Å². The number of aryl methyl sites for hydroxylation is 1. The highest BCUT2D eigenvalue weighted by atomic mass is 19.4. The number of hydrogen-bond donors (Lipinski definition) is 1. The van der Waals surface area contributed by atoms with E-state index in [0.717, 1.165) is 16.8 Å². The lowest BCUT2D eigenvalue weighted by Gasteiger charge is -2.11. The molecule has 10 heteroatoms. The first-order chi connectivity index (χ1) is 10.3. The van der Waals surface area contributed by atoms with Crippen molar-refractivity contribution in [3.63, 3.8) is 0 Å². The number of benzene rings is 1. The van der Waals surface area contributed by atoms with Gasteiger partial charge in [0.25, 0.3) is 6.43 Å². The van der Waals surface area contributed by atoms with Crippen LogP contribution in [0.15, 0.2) is 24.3 Å². The van der Waals surface area contributed by atoms with Crippen molar-refractivity contribution < 1.29 is 26.7 Å². The number of halogens is 5. The Morgan fingerprint density at radius 3 is 2.68 bits per heavy atom. The molecule has 0 fully saturated rings. The van der Waals surface area contributed by atoms with Crippen molar-refractivity contribution in [3.8, 4) is 5.75 Å². The van der Waals surface area contributed by atoms with Crippen molar-refractivity contribution >= 4 is 5.69 Å². The van der Waals surface area contributed by atoms with E-state index in [1.165, 1.54) is 19.2 Å². The number of hydrogen-bond acceptors (Lipinski definition) is 4. The molecule has 2 rings (SSSR count). The lowest BCUT2D eigenvalue weighted by atomic mass is 10.2. The number of rotatable bonds is 5. The summed E-state index contributed by atoms with van der Waals surface area (Å²) in [5.74, 6) is -0.411. The lowest BCUT2D eigenvalue weighted by Crippen LogP contribution is -2.17. The van der Waals surface area contributed by atoms with E-state index in [4.69, 9.17) is 0 Å². The summed E-state index contributed by atoms with van der Waals surface area (Å²) in [4.78, 5) is 0. The minimum atomic E-state index is -4.80. The molecule has 0 spiro atoms. The zero-order valence-corrected chi connectivity index (χ0v) is 11.2. The van der Waals surface area contributed by atoms with Gasteiger partial charge in [0.2, 0.25) is 0 Å². The molecular formula is C12H11F5N4O. The highest BCUT2D eigenvalue weighted by molar-refractivity contribution is 5.48. The molecule has 1 N–H and O–H groups in total. The fourth-order valence-electron chi connectivity index (χ4n) is 1.79. The summed E-state index contributed by atoms with van der Waals surface area (Å²) >= 11 is 0. The monoisotopic (exact) mass is 322 g/mol. The number of alkyl halides is 5. The Morgan fingerprint density at radius 2 is 2.05 bits per heavy atom. The molecule has 5 nitrogen and oxygen atoms in total. The summed E-state index contributed by atoms with van der Waals surface area (Å²) in [5, 5.41) is 9.78. The molecule has 0 bridgehead atoms. The summed E-state index contributed by atoms with van der Waals surface area (Å²) in [6.45, 7) is -0.108. The summed E-state index contributed by atoms with van der Waals surface area (Å²) in [6.07, 6.45) is -7.55.